The smallest absolute Gasteiger partial charge is 0.232 e. The summed E-state index contributed by atoms with van der Waals surface area (Å²) in [5, 5.41) is 24.2. The zero-order chi connectivity index (χ0) is 16.5. The van der Waals surface area contributed by atoms with Crippen molar-refractivity contribution in [1.29, 1.82) is 0 Å². The lowest BCUT2D eigenvalue weighted by atomic mass is 9.95. The zero-order valence-corrected chi connectivity index (χ0v) is 13.2. The number of phenolic OH excluding ortho intramolecular Hbond substituents is 1. The fourth-order valence-electron chi connectivity index (χ4n) is 3.13. The third-order valence-electron chi connectivity index (χ3n) is 4.45. The van der Waals surface area contributed by atoms with E-state index in [0.29, 0.717) is 22.8 Å². The van der Waals surface area contributed by atoms with Crippen molar-refractivity contribution in [2.24, 2.45) is 0 Å². The van der Waals surface area contributed by atoms with Crippen molar-refractivity contribution in [2.45, 2.75) is 37.9 Å². The van der Waals surface area contributed by atoms with Gasteiger partial charge in [0.15, 0.2) is 5.65 Å². The molecule has 1 saturated carbocycles. The Balaban J connectivity index is 1.65. The lowest BCUT2D eigenvalue weighted by Gasteiger charge is -2.25. The van der Waals surface area contributed by atoms with Crippen molar-refractivity contribution in [3.63, 3.8) is 0 Å². The van der Waals surface area contributed by atoms with Gasteiger partial charge in [-0.3, -0.25) is 0 Å². The van der Waals surface area contributed by atoms with Crippen molar-refractivity contribution in [1.82, 2.24) is 14.6 Å². The maximum absolute atomic E-state index is 10.1. The highest BCUT2D eigenvalue weighted by Crippen LogP contribution is 2.29. The second-order valence-corrected chi connectivity index (χ2v) is 6.15. The quantitative estimate of drug-likeness (QED) is 0.774. The molecule has 0 unspecified atom stereocenters. The van der Waals surface area contributed by atoms with Gasteiger partial charge < -0.3 is 14.9 Å². The summed E-state index contributed by atoms with van der Waals surface area (Å²) in [5.41, 5.74) is 2.09. The number of nitrogens with zero attached hydrogens (tertiary/aromatic N) is 3. The topological polar surface area (TPSA) is 79.9 Å². The van der Waals surface area contributed by atoms with E-state index < -0.39 is 0 Å². The fraction of sp³-hybridized carbons (Fsp3) is 0.333. The molecule has 2 N–H and O–H groups in total. The van der Waals surface area contributed by atoms with E-state index in [1.54, 1.807) is 22.8 Å². The number of fused-ring (bicyclic) bond motifs is 1. The van der Waals surface area contributed by atoms with Crippen molar-refractivity contribution >= 4 is 5.65 Å². The van der Waals surface area contributed by atoms with E-state index in [1.807, 2.05) is 24.3 Å². The fourth-order valence-corrected chi connectivity index (χ4v) is 3.13. The number of phenols is 1. The minimum absolute atomic E-state index is 0.0791. The van der Waals surface area contributed by atoms with Gasteiger partial charge in [0, 0.05) is 11.6 Å². The summed E-state index contributed by atoms with van der Waals surface area (Å²) in [5.74, 6) is 0.715. The van der Waals surface area contributed by atoms with Crippen LogP contribution in [0.1, 0.15) is 25.7 Å². The van der Waals surface area contributed by atoms with Crippen molar-refractivity contribution in [2.75, 3.05) is 0 Å². The molecule has 1 aliphatic carbocycles. The number of imidazole rings is 1. The SMILES string of the molecule is Oc1ccccc1-c1cnc2ccc(O[C@H]3CC[C@H](O)CC3)nn12. The highest BCUT2D eigenvalue weighted by Gasteiger charge is 2.21. The van der Waals surface area contributed by atoms with Crippen LogP contribution in [0.4, 0.5) is 0 Å². The lowest BCUT2D eigenvalue weighted by Crippen LogP contribution is -2.26. The Kier molecular flexibility index (Phi) is 3.82. The van der Waals surface area contributed by atoms with Crippen LogP contribution in [0.5, 0.6) is 11.6 Å². The summed E-state index contributed by atoms with van der Waals surface area (Å²) in [6, 6.07) is 10.8. The van der Waals surface area contributed by atoms with Crippen LogP contribution in [0, 0.1) is 0 Å². The van der Waals surface area contributed by atoms with Crippen molar-refractivity contribution < 1.29 is 14.9 Å². The molecule has 0 bridgehead atoms. The van der Waals surface area contributed by atoms with Gasteiger partial charge in [0.2, 0.25) is 5.88 Å². The average molecular weight is 325 g/mol. The van der Waals surface area contributed by atoms with Crippen LogP contribution < -0.4 is 4.74 Å². The van der Waals surface area contributed by atoms with Crippen LogP contribution in [0.15, 0.2) is 42.6 Å². The molecular formula is C18H19N3O3. The monoisotopic (exact) mass is 325 g/mol. The Morgan fingerprint density at radius 3 is 2.62 bits per heavy atom. The first-order valence-corrected chi connectivity index (χ1v) is 8.18. The molecule has 1 fully saturated rings. The number of para-hydroxylation sites is 1. The van der Waals surface area contributed by atoms with Crippen LogP contribution >= 0.6 is 0 Å². The first-order chi connectivity index (χ1) is 11.7. The van der Waals surface area contributed by atoms with E-state index in [4.69, 9.17) is 4.74 Å². The van der Waals surface area contributed by atoms with E-state index >= 15 is 0 Å². The molecule has 2 heterocycles. The van der Waals surface area contributed by atoms with Crippen molar-refractivity contribution in [3.05, 3.63) is 42.6 Å². The van der Waals surface area contributed by atoms with E-state index in [9.17, 15) is 10.2 Å². The molecule has 1 aliphatic rings. The Morgan fingerprint density at radius 2 is 1.83 bits per heavy atom. The van der Waals surface area contributed by atoms with Gasteiger partial charge >= 0.3 is 0 Å². The summed E-state index contributed by atoms with van der Waals surface area (Å²) in [6.07, 6.45) is 4.76. The Morgan fingerprint density at radius 1 is 1.04 bits per heavy atom. The van der Waals surface area contributed by atoms with E-state index in [2.05, 4.69) is 10.1 Å². The molecule has 6 nitrogen and oxygen atoms in total. The average Bonchev–Trinajstić information content (AvgIpc) is 3.00. The number of aliphatic hydroxyl groups is 1. The number of benzene rings is 1. The van der Waals surface area contributed by atoms with Gasteiger partial charge in [-0.25, -0.2) is 9.50 Å². The van der Waals surface area contributed by atoms with Crippen molar-refractivity contribution in [3.8, 4) is 22.9 Å². The molecule has 2 aromatic heterocycles. The maximum atomic E-state index is 10.1. The minimum Gasteiger partial charge on any atom is -0.507 e. The van der Waals surface area contributed by atoms with Crippen LogP contribution in [-0.4, -0.2) is 37.0 Å². The second-order valence-electron chi connectivity index (χ2n) is 6.15. The summed E-state index contributed by atoms with van der Waals surface area (Å²) in [7, 11) is 0. The first-order valence-electron chi connectivity index (χ1n) is 8.18. The molecule has 0 radical (unpaired) electrons. The van der Waals surface area contributed by atoms with Gasteiger partial charge in [0.05, 0.1) is 18.0 Å². The molecule has 4 rings (SSSR count). The lowest BCUT2D eigenvalue weighted by molar-refractivity contribution is 0.0637. The van der Waals surface area contributed by atoms with Gasteiger partial charge in [-0.15, -0.1) is 5.10 Å². The van der Waals surface area contributed by atoms with E-state index in [1.165, 1.54) is 0 Å². The number of ether oxygens (including phenoxy) is 1. The largest absolute Gasteiger partial charge is 0.507 e. The van der Waals surface area contributed by atoms with Crippen LogP contribution in [0.3, 0.4) is 0 Å². The second kappa shape index (κ2) is 6.13. The molecular weight excluding hydrogens is 306 g/mol. The standard InChI is InChI=1S/C18H19N3O3/c22-12-5-7-13(8-6-12)24-18-10-9-17-19-11-15(21(17)20-18)14-3-1-2-4-16(14)23/h1-4,9-13,22-23H,5-8H2/t12-,13-. The van der Waals surface area contributed by atoms with Crippen LogP contribution in [0.25, 0.3) is 16.9 Å². The molecule has 6 heteroatoms. The van der Waals surface area contributed by atoms with Gasteiger partial charge in [0.1, 0.15) is 11.9 Å². The molecule has 0 amide bonds. The Hall–Kier alpha value is -2.60. The molecule has 0 saturated heterocycles. The zero-order valence-electron chi connectivity index (χ0n) is 13.2. The molecule has 124 valence electrons. The summed E-state index contributed by atoms with van der Waals surface area (Å²) >= 11 is 0. The van der Waals surface area contributed by atoms with Crippen LogP contribution in [0.2, 0.25) is 0 Å². The molecule has 0 spiro atoms. The number of hydrogen-bond acceptors (Lipinski definition) is 5. The third kappa shape index (κ3) is 2.80. The Bertz CT molecular complexity index is 854. The first kappa shape index (κ1) is 15.0. The van der Waals surface area contributed by atoms with Gasteiger partial charge in [0.25, 0.3) is 0 Å². The van der Waals surface area contributed by atoms with E-state index in [-0.39, 0.29) is 18.0 Å². The molecule has 1 aromatic carbocycles. The van der Waals surface area contributed by atoms with Crippen LogP contribution in [-0.2, 0) is 0 Å². The number of aromatic hydroxyl groups is 1. The Labute approximate surface area is 139 Å². The number of aromatic nitrogens is 3. The molecule has 0 aliphatic heterocycles. The predicted octanol–water partition coefficient (Wildman–Crippen LogP) is 2.78. The molecule has 3 aromatic rings. The minimum atomic E-state index is -0.207. The molecule has 0 atom stereocenters. The predicted molar refractivity (Wildman–Crippen MR) is 89.0 cm³/mol. The number of aliphatic hydroxyl groups excluding tert-OH is 1. The highest BCUT2D eigenvalue weighted by molar-refractivity contribution is 5.69. The van der Waals surface area contributed by atoms with E-state index in [0.717, 1.165) is 25.7 Å². The van der Waals surface area contributed by atoms with Gasteiger partial charge in [-0.2, -0.15) is 0 Å². The summed E-state index contributed by atoms with van der Waals surface area (Å²) in [6.45, 7) is 0. The van der Waals surface area contributed by atoms with Gasteiger partial charge in [-0.1, -0.05) is 12.1 Å². The summed E-state index contributed by atoms with van der Waals surface area (Å²) < 4.78 is 7.65. The number of hydrogen-bond donors (Lipinski definition) is 2. The number of rotatable bonds is 3. The summed E-state index contributed by atoms with van der Waals surface area (Å²) in [4.78, 5) is 4.33. The molecule has 24 heavy (non-hydrogen) atoms. The normalized spacial score (nSPS) is 21.0. The maximum Gasteiger partial charge on any atom is 0.232 e. The van der Waals surface area contributed by atoms with Gasteiger partial charge in [-0.05, 0) is 43.9 Å². The highest BCUT2D eigenvalue weighted by atomic mass is 16.5. The third-order valence-corrected chi connectivity index (χ3v) is 4.45.